The van der Waals surface area contributed by atoms with Crippen molar-refractivity contribution in [1.82, 2.24) is 9.97 Å². The maximum atomic E-state index is 12.5. The van der Waals surface area contributed by atoms with E-state index in [1.807, 2.05) is 0 Å². The van der Waals surface area contributed by atoms with E-state index in [0.717, 1.165) is 0 Å². The van der Waals surface area contributed by atoms with Gasteiger partial charge >= 0.3 is 0 Å². The molecule has 0 amide bonds. The number of fused-ring (bicyclic) bond motifs is 1. The molecule has 3 aromatic rings. The standard InChI is InChI=1S/C14H10ClN3O2S/c15-11-6-8-16-9-13(11)18-21(19,20)14-5-1-4-12-10(14)3-2-7-17-12/h1-9,18H. The van der Waals surface area contributed by atoms with Gasteiger partial charge in [-0.2, -0.15) is 0 Å². The first-order chi connectivity index (χ1) is 10.1. The molecule has 0 bridgehead atoms. The molecule has 106 valence electrons. The van der Waals surface area contributed by atoms with Gasteiger partial charge < -0.3 is 0 Å². The minimum absolute atomic E-state index is 0.146. The lowest BCUT2D eigenvalue weighted by molar-refractivity contribution is 0.602. The van der Waals surface area contributed by atoms with Gasteiger partial charge in [-0.15, -0.1) is 0 Å². The molecule has 0 unspecified atom stereocenters. The second-order valence-corrected chi connectivity index (χ2v) is 6.35. The molecule has 0 aliphatic heterocycles. The highest BCUT2D eigenvalue weighted by atomic mass is 35.5. The first-order valence-corrected chi connectivity index (χ1v) is 7.90. The van der Waals surface area contributed by atoms with Crippen LogP contribution in [0, 0.1) is 0 Å². The zero-order chi connectivity index (χ0) is 14.9. The van der Waals surface area contributed by atoms with E-state index in [1.165, 1.54) is 24.5 Å². The van der Waals surface area contributed by atoms with Crippen LogP contribution < -0.4 is 4.72 Å². The first kappa shape index (κ1) is 13.8. The molecule has 0 aliphatic carbocycles. The summed E-state index contributed by atoms with van der Waals surface area (Å²) >= 11 is 5.96. The number of rotatable bonds is 3. The Hall–Kier alpha value is -2.18. The van der Waals surface area contributed by atoms with E-state index in [-0.39, 0.29) is 15.6 Å². The van der Waals surface area contributed by atoms with Crippen molar-refractivity contribution in [3.63, 3.8) is 0 Å². The number of pyridine rings is 2. The molecule has 1 aromatic carbocycles. The average Bonchev–Trinajstić information content (AvgIpc) is 2.49. The summed E-state index contributed by atoms with van der Waals surface area (Å²) in [7, 11) is -3.78. The van der Waals surface area contributed by atoms with Gasteiger partial charge in [0, 0.05) is 17.8 Å². The van der Waals surface area contributed by atoms with Crippen molar-refractivity contribution in [2.24, 2.45) is 0 Å². The van der Waals surface area contributed by atoms with E-state index < -0.39 is 10.0 Å². The molecular formula is C14H10ClN3O2S. The quantitative estimate of drug-likeness (QED) is 0.805. The molecule has 0 saturated carbocycles. The summed E-state index contributed by atoms with van der Waals surface area (Å²) in [6.45, 7) is 0. The zero-order valence-corrected chi connectivity index (χ0v) is 12.3. The summed E-state index contributed by atoms with van der Waals surface area (Å²) in [4.78, 5) is 8.16. The largest absolute Gasteiger partial charge is 0.277 e. The van der Waals surface area contributed by atoms with Gasteiger partial charge in [-0.3, -0.25) is 14.7 Å². The van der Waals surface area contributed by atoms with Crippen LogP contribution in [0.15, 0.2) is 59.9 Å². The fraction of sp³-hybridized carbons (Fsp3) is 0. The smallest absolute Gasteiger partial charge is 0.262 e. The summed E-state index contributed by atoms with van der Waals surface area (Å²) in [6.07, 6.45) is 4.47. The second-order valence-electron chi connectivity index (χ2n) is 4.29. The Labute approximate surface area is 126 Å². The number of halogens is 1. The van der Waals surface area contributed by atoms with E-state index >= 15 is 0 Å². The topological polar surface area (TPSA) is 72.0 Å². The highest BCUT2D eigenvalue weighted by molar-refractivity contribution is 7.93. The molecule has 0 aliphatic rings. The number of hydrogen-bond acceptors (Lipinski definition) is 4. The lowest BCUT2D eigenvalue weighted by Crippen LogP contribution is -2.14. The Morgan fingerprint density at radius 1 is 1.05 bits per heavy atom. The maximum Gasteiger partial charge on any atom is 0.262 e. The molecule has 0 spiro atoms. The van der Waals surface area contributed by atoms with Crippen molar-refractivity contribution in [2.75, 3.05) is 4.72 Å². The predicted molar refractivity (Wildman–Crippen MR) is 81.8 cm³/mol. The van der Waals surface area contributed by atoms with Gasteiger partial charge in [0.1, 0.15) is 0 Å². The third kappa shape index (κ3) is 2.68. The minimum atomic E-state index is -3.78. The predicted octanol–water partition coefficient (Wildman–Crippen LogP) is 3.08. The van der Waals surface area contributed by atoms with Crippen LogP contribution in [0.3, 0.4) is 0 Å². The Balaban J connectivity index is 2.11. The van der Waals surface area contributed by atoms with Crippen molar-refractivity contribution in [3.05, 3.63) is 60.0 Å². The van der Waals surface area contributed by atoms with E-state index in [1.54, 1.807) is 30.5 Å². The number of sulfonamides is 1. The minimum Gasteiger partial charge on any atom is -0.277 e. The Morgan fingerprint density at radius 3 is 2.71 bits per heavy atom. The molecular weight excluding hydrogens is 310 g/mol. The van der Waals surface area contributed by atoms with Gasteiger partial charge in [0.05, 0.1) is 27.3 Å². The average molecular weight is 320 g/mol. The Kier molecular flexibility index (Phi) is 3.48. The van der Waals surface area contributed by atoms with Gasteiger partial charge in [0.15, 0.2) is 0 Å². The monoisotopic (exact) mass is 319 g/mol. The summed E-state index contributed by atoms with van der Waals surface area (Å²) in [5.41, 5.74) is 0.845. The third-order valence-corrected chi connectivity index (χ3v) is 4.66. The molecule has 1 N–H and O–H groups in total. The van der Waals surface area contributed by atoms with Crippen LogP contribution in [0.5, 0.6) is 0 Å². The lowest BCUT2D eigenvalue weighted by Gasteiger charge is -2.10. The van der Waals surface area contributed by atoms with Crippen molar-refractivity contribution < 1.29 is 8.42 Å². The first-order valence-electron chi connectivity index (χ1n) is 6.04. The molecule has 0 fully saturated rings. The maximum absolute atomic E-state index is 12.5. The molecule has 5 nitrogen and oxygen atoms in total. The van der Waals surface area contributed by atoms with Crippen LogP contribution in [-0.4, -0.2) is 18.4 Å². The van der Waals surface area contributed by atoms with E-state index in [4.69, 9.17) is 11.6 Å². The lowest BCUT2D eigenvalue weighted by atomic mass is 10.2. The molecule has 2 aromatic heterocycles. The summed E-state index contributed by atoms with van der Waals surface area (Å²) < 4.78 is 27.5. The van der Waals surface area contributed by atoms with Gasteiger partial charge in [0.2, 0.25) is 0 Å². The normalized spacial score (nSPS) is 11.5. The van der Waals surface area contributed by atoms with E-state index in [9.17, 15) is 8.42 Å². The van der Waals surface area contributed by atoms with Gasteiger partial charge in [-0.1, -0.05) is 17.7 Å². The van der Waals surface area contributed by atoms with Crippen molar-refractivity contribution in [1.29, 1.82) is 0 Å². The van der Waals surface area contributed by atoms with Gasteiger partial charge in [-0.05, 0) is 30.3 Å². The summed E-state index contributed by atoms with van der Waals surface area (Å²) in [6, 6.07) is 9.85. The van der Waals surface area contributed by atoms with Gasteiger partial charge in [0.25, 0.3) is 10.0 Å². The Morgan fingerprint density at radius 2 is 1.90 bits per heavy atom. The summed E-state index contributed by atoms with van der Waals surface area (Å²) in [5.74, 6) is 0. The van der Waals surface area contributed by atoms with Crippen molar-refractivity contribution in [3.8, 4) is 0 Å². The van der Waals surface area contributed by atoms with Crippen LogP contribution in [0.1, 0.15) is 0 Å². The third-order valence-electron chi connectivity index (χ3n) is 2.91. The number of nitrogens with one attached hydrogen (secondary N) is 1. The molecule has 21 heavy (non-hydrogen) atoms. The van der Waals surface area contributed by atoms with E-state index in [2.05, 4.69) is 14.7 Å². The number of nitrogens with zero attached hydrogens (tertiary/aromatic N) is 2. The molecule has 0 radical (unpaired) electrons. The van der Waals surface area contributed by atoms with Gasteiger partial charge in [-0.25, -0.2) is 8.42 Å². The highest BCUT2D eigenvalue weighted by Gasteiger charge is 2.18. The molecule has 7 heteroatoms. The van der Waals surface area contributed by atoms with E-state index in [0.29, 0.717) is 10.9 Å². The summed E-state index contributed by atoms with van der Waals surface area (Å²) in [5, 5.41) is 0.833. The van der Waals surface area contributed by atoms with Crippen LogP contribution >= 0.6 is 11.6 Å². The number of hydrogen-bond donors (Lipinski definition) is 1. The fourth-order valence-corrected chi connectivity index (χ4v) is 3.45. The second kappa shape index (κ2) is 5.31. The molecule has 0 atom stereocenters. The van der Waals surface area contributed by atoms with Crippen LogP contribution in [0.4, 0.5) is 5.69 Å². The SMILES string of the molecule is O=S(=O)(Nc1cnccc1Cl)c1cccc2ncccc12. The highest BCUT2D eigenvalue weighted by Crippen LogP contribution is 2.26. The van der Waals surface area contributed by atoms with Crippen LogP contribution in [0.25, 0.3) is 10.9 Å². The molecule has 0 saturated heterocycles. The van der Waals surface area contributed by atoms with Crippen LogP contribution in [0.2, 0.25) is 5.02 Å². The fourth-order valence-electron chi connectivity index (χ4n) is 1.96. The number of benzene rings is 1. The molecule has 3 rings (SSSR count). The molecule has 2 heterocycles. The number of aromatic nitrogens is 2. The zero-order valence-electron chi connectivity index (χ0n) is 10.7. The Bertz CT molecular complexity index is 907. The van der Waals surface area contributed by atoms with Crippen molar-refractivity contribution in [2.45, 2.75) is 4.90 Å². The van der Waals surface area contributed by atoms with Crippen LogP contribution in [-0.2, 0) is 10.0 Å². The number of anilines is 1. The van der Waals surface area contributed by atoms with Crippen molar-refractivity contribution >= 4 is 38.2 Å².